The van der Waals surface area contributed by atoms with Gasteiger partial charge >= 0.3 is 0 Å². The summed E-state index contributed by atoms with van der Waals surface area (Å²) in [6.07, 6.45) is 1.46. The number of ether oxygens (including phenoxy) is 2. The molecule has 8 heteroatoms. The Bertz CT molecular complexity index is 846. The molecule has 2 rings (SSSR count). The van der Waals surface area contributed by atoms with Gasteiger partial charge in [-0.15, -0.1) is 0 Å². The number of phenolic OH excluding ortho intramolecular Hbond substituents is 1. The first-order valence-corrected chi connectivity index (χ1v) is 9.77. The first kappa shape index (κ1) is 21.2. The number of rotatable bonds is 7. The number of nitrogens with zero attached hydrogens (tertiary/aromatic N) is 1. The predicted molar refractivity (Wildman–Crippen MR) is 112 cm³/mol. The zero-order valence-corrected chi connectivity index (χ0v) is 18.3. The first-order chi connectivity index (χ1) is 12.8. The van der Waals surface area contributed by atoms with E-state index in [4.69, 9.17) is 9.47 Å². The molecule has 0 atom stereocenters. The summed E-state index contributed by atoms with van der Waals surface area (Å²) in [7, 11) is 0. The van der Waals surface area contributed by atoms with Crippen molar-refractivity contribution in [1.82, 2.24) is 5.43 Å². The van der Waals surface area contributed by atoms with Gasteiger partial charge in [-0.05, 0) is 77.7 Å². The van der Waals surface area contributed by atoms with Crippen LogP contribution in [0.1, 0.15) is 23.6 Å². The number of benzene rings is 2. The van der Waals surface area contributed by atoms with Crippen molar-refractivity contribution in [2.75, 3.05) is 13.2 Å². The molecule has 2 aromatic rings. The minimum absolute atomic E-state index is 0.0201. The second-order valence-corrected chi connectivity index (χ2v) is 7.50. The lowest BCUT2D eigenvalue weighted by molar-refractivity contribution is -0.123. The number of hydrogen-bond donors (Lipinski definition) is 2. The van der Waals surface area contributed by atoms with E-state index in [1.54, 1.807) is 12.1 Å². The van der Waals surface area contributed by atoms with Gasteiger partial charge < -0.3 is 14.6 Å². The molecule has 0 aliphatic carbocycles. The molecule has 0 aliphatic heterocycles. The number of nitrogens with one attached hydrogen (secondary N) is 1. The maximum atomic E-state index is 12.0. The SMILES string of the molecule is CCOc1cc(/C=N/NC(=O)COc2c(C)cc(Br)cc2C)cc(Br)c1O. The van der Waals surface area contributed by atoms with E-state index >= 15 is 0 Å². The molecule has 0 aromatic heterocycles. The predicted octanol–water partition coefficient (Wildman–Crippen LogP) is 4.46. The van der Waals surface area contributed by atoms with E-state index in [0.717, 1.165) is 15.6 Å². The number of hydrogen-bond acceptors (Lipinski definition) is 5. The van der Waals surface area contributed by atoms with Gasteiger partial charge in [0.25, 0.3) is 5.91 Å². The van der Waals surface area contributed by atoms with Gasteiger partial charge in [-0.3, -0.25) is 4.79 Å². The number of amides is 1. The molecule has 0 unspecified atom stereocenters. The lowest BCUT2D eigenvalue weighted by atomic mass is 10.1. The number of hydrazone groups is 1. The van der Waals surface area contributed by atoms with Crippen LogP contribution in [0.4, 0.5) is 0 Å². The Kier molecular flexibility index (Phi) is 7.67. The Balaban J connectivity index is 1.96. The minimum atomic E-state index is -0.379. The highest BCUT2D eigenvalue weighted by molar-refractivity contribution is 9.10. The molecule has 2 aromatic carbocycles. The summed E-state index contributed by atoms with van der Waals surface area (Å²) in [5.74, 6) is 0.660. The minimum Gasteiger partial charge on any atom is -0.503 e. The third-order valence-electron chi connectivity index (χ3n) is 3.53. The van der Waals surface area contributed by atoms with E-state index in [0.29, 0.717) is 28.1 Å². The number of carbonyl (C=O) groups is 1. The van der Waals surface area contributed by atoms with Gasteiger partial charge in [-0.1, -0.05) is 15.9 Å². The van der Waals surface area contributed by atoms with Crippen LogP contribution in [0.15, 0.2) is 38.3 Å². The van der Waals surface area contributed by atoms with Gasteiger partial charge in [0.15, 0.2) is 18.1 Å². The molecule has 0 fully saturated rings. The fourth-order valence-electron chi connectivity index (χ4n) is 2.41. The highest BCUT2D eigenvalue weighted by Gasteiger charge is 2.10. The van der Waals surface area contributed by atoms with Crippen LogP contribution < -0.4 is 14.9 Å². The summed E-state index contributed by atoms with van der Waals surface area (Å²) in [5, 5.41) is 13.8. The lowest BCUT2D eigenvalue weighted by Crippen LogP contribution is -2.25. The van der Waals surface area contributed by atoms with Gasteiger partial charge in [-0.2, -0.15) is 5.10 Å². The van der Waals surface area contributed by atoms with Crippen molar-refractivity contribution in [3.8, 4) is 17.2 Å². The number of halogens is 2. The number of phenols is 1. The zero-order valence-electron chi connectivity index (χ0n) is 15.2. The van der Waals surface area contributed by atoms with Crippen LogP contribution >= 0.6 is 31.9 Å². The smallest absolute Gasteiger partial charge is 0.277 e. The molecule has 27 heavy (non-hydrogen) atoms. The van der Waals surface area contributed by atoms with Crippen LogP contribution in [0.3, 0.4) is 0 Å². The van der Waals surface area contributed by atoms with Gasteiger partial charge in [0.2, 0.25) is 0 Å². The van der Waals surface area contributed by atoms with Crippen molar-refractivity contribution < 1.29 is 19.4 Å². The second-order valence-electron chi connectivity index (χ2n) is 5.73. The van der Waals surface area contributed by atoms with E-state index in [1.165, 1.54) is 6.21 Å². The van der Waals surface area contributed by atoms with Crippen LogP contribution in [0.25, 0.3) is 0 Å². The van der Waals surface area contributed by atoms with Crippen LogP contribution in [-0.4, -0.2) is 30.4 Å². The molecule has 144 valence electrons. The molecule has 1 amide bonds. The summed E-state index contributed by atoms with van der Waals surface area (Å²) >= 11 is 6.68. The van der Waals surface area contributed by atoms with Crippen LogP contribution in [-0.2, 0) is 4.79 Å². The average molecular weight is 500 g/mol. The number of aromatic hydroxyl groups is 1. The van der Waals surface area contributed by atoms with E-state index in [9.17, 15) is 9.90 Å². The zero-order chi connectivity index (χ0) is 20.0. The van der Waals surface area contributed by atoms with Crippen LogP contribution in [0.2, 0.25) is 0 Å². The normalized spacial score (nSPS) is 10.9. The fourth-order valence-corrected chi connectivity index (χ4v) is 3.55. The van der Waals surface area contributed by atoms with Crippen molar-refractivity contribution in [2.45, 2.75) is 20.8 Å². The molecule has 0 saturated carbocycles. The van der Waals surface area contributed by atoms with E-state index in [1.807, 2.05) is 32.9 Å². The van der Waals surface area contributed by atoms with Crippen molar-refractivity contribution in [1.29, 1.82) is 0 Å². The van der Waals surface area contributed by atoms with Crippen molar-refractivity contribution in [2.24, 2.45) is 5.10 Å². The molecule has 0 bridgehead atoms. The molecule has 0 radical (unpaired) electrons. The van der Waals surface area contributed by atoms with Crippen LogP contribution in [0.5, 0.6) is 17.2 Å². The Morgan fingerprint density at radius 2 is 1.85 bits per heavy atom. The van der Waals surface area contributed by atoms with Gasteiger partial charge in [0.05, 0.1) is 17.3 Å². The average Bonchev–Trinajstić information content (AvgIpc) is 2.58. The Labute approximate surface area is 174 Å². The topological polar surface area (TPSA) is 80.2 Å². The van der Waals surface area contributed by atoms with Gasteiger partial charge in [-0.25, -0.2) is 5.43 Å². The lowest BCUT2D eigenvalue weighted by Gasteiger charge is -2.11. The van der Waals surface area contributed by atoms with Gasteiger partial charge in [0.1, 0.15) is 5.75 Å². The molecule has 0 heterocycles. The Morgan fingerprint density at radius 1 is 1.19 bits per heavy atom. The van der Waals surface area contributed by atoms with E-state index < -0.39 is 0 Å². The molecule has 0 saturated heterocycles. The molecule has 0 aliphatic rings. The van der Waals surface area contributed by atoms with Crippen LogP contribution in [0, 0.1) is 13.8 Å². The summed E-state index contributed by atoms with van der Waals surface area (Å²) in [6.45, 7) is 5.93. The van der Waals surface area contributed by atoms with E-state index in [2.05, 4.69) is 42.4 Å². The Morgan fingerprint density at radius 3 is 2.48 bits per heavy atom. The monoisotopic (exact) mass is 498 g/mol. The number of aryl methyl sites for hydroxylation is 2. The van der Waals surface area contributed by atoms with E-state index in [-0.39, 0.29) is 18.3 Å². The largest absolute Gasteiger partial charge is 0.503 e. The summed E-state index contributed by atoms with van der Waals surface area (Å²) < 4.78 is 12.4. The standard InChI is InChI=1S/C19H20Br2N2O4/c1-4-26-16-8-13(7-15(21)18(16)25)9-22-23-17(24)10-27-19-11(2)5-14(20)6-12(19)3/h5-9,25H,4,10H2,1-3H3,(H,23,24)/b22-9+. The summed E-state index contributed by atoms with van der Waals surface area (Å²) in [6, 6.07) is 7.15. The second kappa shape index (κ2) is 9.75. The van der Waals surface area contributed by atoms with Gasteiger partial charge in [0, 0.05) is 4.47 Å². The van der Waals surface area contributed by atoms with Crippen molar-refractivity contribution in [3.05, 3.63) is 49.9 Å². The molecular weight excluding hydrogens is 480 g/mol. The summed E-state index contributed by atoms with van der Waals surface area (Å²) in [4.78, 5) is 12.0. The summed E-state index contributed by atoms with van der Waals surface area (Å²) in [5.41, 5.74) is 4.95. The maximum Gasteiger partial charge on any atom is 0.277 e. The maximum absolute atomic E-state index is 12.0. The Hall–Kier alpha value is -2.06. The number of carbonyl (C=O) groups excluding carboxylic acids is 1. The quantitative estimate of drug-likeness (QED) is 0.435. The van der Waals surface area contributed by atoms with Crippen molar-refractivity contribution in [3.63, 3.8) is 0 Å². The molecule has 2 N–H and O–H groups in total. The highest BCUT2D eigenvalue weighted by Crippen LogP contribution is 2.35. The third kappa shape index (κ3) is 5.97. The fraction of sp³-hybridized carbons (Fsp3) is 0.263. The molecule has 6 nitrogen and oxygen atoms in total. The highest BCUT2D eigenvalue weighted by atomic mass is 79.9. The third-order valence-corrected chi connectivity index (χ3v) is 4.59. The first-order valence-electron chi connectivity index (χ1n) is 8.18. The van der Waals surface area contributed by atoms with Crippen molar-refractivity contribution >= 4 is 44.0 Å². The molecular formula is C19H20Br2N2O4. The molecule has 0 spiro atoms.